The SMILES string of the molecule is CCN(CC)CCCC(C)NC(=NC)NCc1nccn1C(F)F.I. The highest BCUT2D eigenvalue weighted by Crippen LogP contribution is 2.11. The first-order chi connectivity index (χ1) is 11.5. The van der Waals surface area contributed by atoms with Gasteiger partial charge in [-0.3, -0.25) is 9.56 Å². The normalized spacial score (nSPS) is 13.0. The van der Waals surface area contributed by atoms with Crippen molar-refractivity contribution >= 4 is 29.9 Å². The van der Waals surface area contributed by atoms with E-state index in [-0.39, 0.29) is 42.4 Å². The summed E-state index contributed by atoms with van der Waals surface area (Å²) in [7, 11) is 1.66. The Bertz CT molecular complexity index is 491. The number of aliphatic imine (C=N–C) groups is 1. The first kappa shape index (κ1) is 24.0. The molecule has 1 atom stereocenters. The van der Waals surface area contributed by atoms with E-state index in [0.717, 1.165) is 37.0 Å². The molecule has 2 N–H and O–H groups in total. The van der Waals surface area contributed by atoms with Crippen LogP contribution in [-0.4, -0.2) is 53.1 Å². The number of alkyl halides is 2. The second-order valence-electron chi connectivity index (χ2n) is 5.67. The Balaban J connectivity index is 0.00000576. The van der Waals surface area contributed by atoms with Crippen LogP contribution in [0.1, 0.15) is 46.0 Å². The maximum atomic E-state index is 12.8. The number of rotatable bonds is 10. The number of nitrogens with one attached hydrogen (secondary N) is 2. The molecule has 0 radical (unpaired) electrons. The molecule has 0 amide bonds. The van der Waals surface area contributed by atoms with E-state index in [9.17, 15) is 8.78 Å². The van der Waals surface area contributed by atoms with Gasteiger partial charge in [-0.05, 0) is 39.4 Å². The van der Waals surface area contributed by atoms with Gasteiger partial charge in [0.25, 0.3) is 0 Å². The third-order valence-corrected chi connectivity index (χ3v) is 3.99. The lowest BCUT2D eigenvalue weighted by molar-refractivity contribution is 0.0668. The molecule has 9 heteroatoms. The highest BCUT2D eigenvalue weighted by atomic mass is 127. The number of imidazole rings is 1. The van der Waals surface area contributed by atoms with Crippen LogP contribution in [0.5, 0.6) is 0 Å². The van der Waals surface area contributed by atoms with E-state index in [1.807, 2.05) is 0 Å². The largest absolute Gasteiger partial charge is 0.354 e. The molecule has 146 valence electrons. The summed E-state index contributed by atoms with van der Waals surface area (Å²) in [6, 6.07) is 0.251. The minimum atomic E-state index is -2.58. The van der Waals surface area contributed by atoms with Gasteiger partial charge in [-0.1, -0.05) is 13.8 Å². The van der Waals surface area contributed by atoms with Gasteiger partial charge >= 0.3 is 6.55 Å². The Hall–Kier alpha value is -0.970. The molecule has 0 aromatic carbocycles. The van der Waals surface area contributed by atoms with E-state index >= 15 is 0 Å². The fourth-order valence-corrected chi connectivity index (χ4v) is 2.48. The summed E-state index contributed by atoms with van der Waals surface area (Å²) in [4.78, 5) is 10.5. The molecule has 1 aromatic rings. The molecular formula is C16H31F2IN6. The molecule has 1 heterocycles. The van der Waals surface area contributed by atoms with Gasteiger partial charge in [-0.2, -0.15) is 8.78 Å². The molecule has 0 fully saturated rings. The third-order valence-electron chi connectivity index (χ3n) is 3.99. The summed E-state index contributed by atoms with van der Waals surface area (Å²) >= 11 is 0. The number of hydrogen-bond acceptors (Lipinski definition) is 3. The molecule has 1 unspecified atom stereocenters. The van der Waals surface area contributed by atoms with E-state index in [0.29, 0.717) is 5.96 Å². The van der Waals surface area contributed by atoms with Gasteiger partial charge in [0.2, 0.25) is 0 Å². The highest BCUT2D eigenvalue weighted by molar-refractivity contribution is 14.0. The topological polar surface area (TPSA) is 57.5 Å². The minimum Gasteiger partial charge on any atom is -0.354 e. The predicted octanol–water partition coefficient (Wildman–Crippen LogP) is 3.07. The van der Waals surface area contributed by atoms with Gasteiger partial charge in [-0.15, -0.1) is 24.0 Å². The summed E-state index contributed by atoms with van der Waals surface area (Å²) in [5.74, 6) is 0.872. The summed E-state index contributed by atoms with van der Waals surface area (Å²) < 4.78 is 26.4. The molecule has 0 saturated carbocycles. The van der Waals surface area contributed by atoms with Crippen molar-refractivity contribution < 1.29 is 8.78 Å². The Kier molecular flexibility index (Phi) is 12.7. The number of halogens is 3. The highest BCUT2D eigenvalue weighted by Gasteiger charge is 2.12. The maximum Gasteiger partial charge on any atom is 0.319 e. The zero-order valence-corrected chi connectivity index (χ0v) is 17.8. The third kappa shape index (κ3) is 8.80. The van der Waals surface area contributed by atoms with Crippen molar-refractivity contribution in [3.63, 3.8) is 0 Å². The van der Waals surface area contributed by atoms with Crippen molar-refractivity contribution in [1.82, 2.24) is 25.1 Å². The van der Waals surface area contributed by atoms with Crippen LogP contribution in [-0.2, 0) is 6.54 Å². The van der Waals surface area contributed by atoms with Crippen molar-refractivity contribution in [3.8, 4) is 0 Å². The minimum absolute atomic E-state index is 0. The van der Waals surface area contributed by atoms with Crippen molar-refractivity contribution in [2.24, 2.45) is 4.99 Å². The van der Waals surface area contributed by atoms with E-state index in [1.54, 1.807) is 7.05 Å². The number of nitrogens with zero attached hydrogens (tertiary/aromatic N) is 4. The number of aromatic nitrogens is 2. The van der Waals surface area contributed by atoms with Crippen molar-refractivity contribution in [1.29, 1.82) is 0 Å². The molecule has 0 spiro atoms. The molecule has 1 aromatic heterocycles. The predicted molar refractivity (Wildman–Crippen MR) is 109 cm³/mol. The zero-order valence-electron chi connectivity index (χ0n) is 15.5. The van der Waals surface area contributed by atoms with Crippen LogP contribution in [0.25, 0.3) is 0 Å². The Labute approximate surface area is 166 Å². The van der Waals surface area contributed by atoms with Crippen LogP contribution in [0, 0.1) is 0 Å². The Morgan fingerprint density at radius 2 is 2.04 bits per heavy atom. The Morgan fingerprint density at radius 1 is 1.36 bits per heavy atom. The van der Waals surface area contributed by atoms with Crippen LogP contribution in [0.3, 0.4) is 0 Å². The van der Waals surface area contributed by atoms with Crippen LogP contribution in [0.15, 0.2) is 17.4 Å². The average molecular weight is 472 g/mol. The molecule has 25 heavy (non-hydrogen) atoms. The van der Waals surface area contributed by atoms with Crippen LogP contribution in [0.4, 0.5) is 8.78 Å². The van der Waals surface area contributed by atoms with Gasteiger partial charge in [-0.25, -0.2) is 4.98 Å². The van der Waals surface area contributed by atoms with Gasteiger partial charge in [0.1, 0.15) is 5.82 Å². The van der Waals surface area contributed by atoms with Crippen molar-refractivity contribution in [2.45, 2.75) is 52.7 Å². The lowest BCUT2D eigenvalue weighted by Gasteiger charge is -2.21. The molecule has 0 aliphatic rings. The summed E-state index contributed by atoms with van der Waals surface area (Å²) in [6.07, 6.45) is 4.76. The van der Waals surface area contributed by atoms with Gasteiger partial charge in [0.05, 0.1) is 6.54 Å². The molecule has 0 aliphatic carbocycles. The van der Waals surface area contributed by atoms with Crippen LogP contribution >= 0.6 is 24.0 Å². The summed E-state index contributed by atoms with van der Waals surface area (Å²) in [6.45, 7) is 7.25. The fourth-order valence-electron chi connectivity index (χ4n) is 2.48. The van der Waals surface area contributed by atoms with Crippen molar-refractivity contribution in [3.05, 3.63) is 18.2 Å². The smallest absolute Gasteiger partial charge is 0.319 e. The van der Waals surface area contributed by atoms with Crippen LogP contribution < -0.4 is 10.6 Å². The molecular weight excluding hydrogens is 441 g/mol. The monoisotopic (exact) mass is 472 g/mol. The summed E-state index contributed by atoms with van der Waals surface area (Å²) in [5.41, 5.74) is 0. The maximum absolute atomic E-state index is 12.8. The molecule has 0 bridgehead atoms. The van der Waals surface area contributed by atoms with E-state index in [2.05, 4.69) is 46.3 Å². The van der Waals surface area contributed by atoms with E-state index < -0.39 is 6.55 Å². The molecule has 0 aliphatic heterocycles. The van der Waals surface area contributed by atoms with Gasteiger partial charge in [0, 0.05) is 25.5 Å². The quantitative estimate of drug-likeness (QED) is 0.312. The van der Waals surface area contributed by atoms with E-state index in [4.69, 9.17) is 0 Å². The lowest BCUT2D eigenvalue weighted by Crippen LogP contribution is -2.42. The molecule has 1 rings (SSSR count). The molecule has 0 saturated heterocycles. The lowest BCUT2D eigenvalue weighted by atomic mass is 10.2. The number of guanidine groups is 1. The van der Waals surface area contributed by atoms with Crippen LogP contribution in [0.2, 0.25) is 0 Å². The standard InChI is InChI=1S/C16H30F2N6.HI/c1-5-23(6-2)10-7-8-13(3)22-16(19-4)21-12-14-20-9-11-24(14)15(17)18;/h9,11,13,15H,5-8,10,12H2,1-4H3,(H2,19,21,22);1H. The zero-order chi connectivity index (χ0) is 17.9. The number of hydrogen-bond donors (Lipinski definition) is 2. The van der Waals surface area contributed by atoms with E-state index in [1.165, 1.54) is 12.4 Å². The summed E-state index contributed by atoms with van der Waals surface area (Å²) in [5, 5.41) is 6.31. The second kappa shape index (κ2) is 13.3. The Morgan fingerprint density at radius 3 is 2.60 bits per heavy atom. The molecule has 6 nitrogen and oxygen atoms in total. The average Bonchev–Trinajstić information content (AvgIpc) is 3.04. The first-order valence-corrected chi connectivity index (χ1v) is 8.51. The second-order valence-corrected chi connectivity index (χ2v) is 5.67. The van der Waals surface area contributed by atoms with Gasteiger partial charge < -0.3 is 15.5 Å². The fraction of sp³-hybridized carbons (Fsp3) is 0.750. The van der Waals surface area contributed by atoms with Crippen molar-refractivity contribution in [2.75, 3.05) is 26.7 Å². The first-order valence-electron chi connectivity index (χ1n) is 8.51. The van der Waals surface area contributed by atoms with Gasteiger partial charge in [0.15, 0.2) is 5.96 Å².